The zero-order valence-electron chi connectivity index (χ0n) is 17.3. The highest BCUT2D eigenvalue weighted by Crippen LogP contribution is 2.34. The maximum absolute atomic E-state index is 14.8. The van der Waals surface area contributed by atoms with Gasteiger partial charge in [-0.1, -0.05) is 0 Å². The molecule has 2 N–H and O–H groups in total. The van der Waals surface area contributed by atoms with E-state index in [2.05, 4.69) is 10.6 Å². The maximum atomic E-state index is 14.8. The van der Waals surface area contributed by atoms with Crippen LogP contribution in [0.3, 0.4) is 0 Å². The molecule has 8 heteroatoms. The molecule has 1 fully saturated rings. The lowest BCUT2D eigenvalue weighted by molar-refractivity contribution is -0.116. The number of morpholine rings is 1. The molecule has 4 rings (SSSR count). The zero-order valence-corrected chi connectivity index (χ0v) is 17.3. The van der Waals surface area contributed by atoms with Crippen LogP contribution in [-0.4, -0.2) is 44.0 Å². The van der Waals surface area contributed by atoms with Crippen LogP contribution in [0.25, 0.3) is 0 Å². The smallest absolute Gasteiger partial charge is 0.246 e. The number of ether oxygens (including phenoxy) is 3. The summed E-state index contributed by atoms with van der Waals surface area (Å²) in [6.45, 7) is 7.15. The summed E-state index contributed by atoms with van der Waals surface area (Å²) in [5, 5.41) is 5.88. The lowest BCUT2D eigenvalue weighted by Gasteiger charge is -2.37. The number of hydrogen-bond acceptors (Lipinski definition) is 6. The lowest BCUT2D eigenvalue weighted by Crippen LogP contribution is -2.45. The average Bonchev–Trinajstić information content (AvgIpc) is 3.15. The van der Waals surface area contributed by atoms with Crippen LogP contribution in [0.4, 0.5) is 21.5 Å². The standard InChI is InChI=1S/C22H26FN3O4/c1-13-10-26(11-14(2)30-13)19-6-4-16(8-18(19)23)24-15(3)22(27)25-17-5-7-20-21(9-17)29-12-28-20/h4-9,13-15,24H,10-12H2,1-3H3,(H,25,27)/t13-,14+,15-/m1/s1. The average molecular weight is 415 g/mol. The third-order valence-corrected chi connectivity index (χ3v) is 5.12. The minimum absolute atomic E-state index is 0.0471. The van der Waals surface area contributed by atoms with E-state index in [1.807, 2.05) is 18.7 Å². The van der Waals surface area contributed by atoms with Gasteiger partial charge in [-0.2, -0.15) is 0 Å². The molecule has 2 aliphatic heterocycles. The fraction of sp³-hybridized carbons (Fsp3) is 0.409. The van der Waals surface area contributed by atoms with Gasteiger partial charge in [0, 0.05) is 30.5 Å². The number of hydrogen-bond donors (Lipinski definition) is 2. The molecule has 30 heavy (non-hydrogen) atoms. The van der Waals surface area contributed by atoms with Crippen LogP contribution in [-0.2, 0) is 9.53 Å². The molecule has 2 heterocycles. The molecular weight excluding hydrogens is 389 g/mol. The Morgan fingerprint density at radius 1 is 1.07 bits per heavy atom. The molecule has 160 valence electrons. The fourth-order valence-electron chi connectivity index (χ4n) is 3.77. The van der Waals surface area contributed by atoms with Crippen LogP contribution in [0.15, 0.2) is 36.4 Å². The molecule has 0 radical (unpaired) electrons. The zero-order chi connectivity index (χ0) is 21.3. The molecule has 3 atom stereocenters. The number of amides is 1. The van der Waals surface area contributed by atoms with Gasteiger partial charge in [-0.3, -0.25) is 4.79 Å². The Morgan fingerprint density at radius 2 is 1.77 bits per heavy atom. The summed E-state index contributed by atoms with van der Waals surface area (Å²) < 4.78 is 31.1. The van der Waals surface area contributed by atoms with Crippen molar-refractivity contribution in [3.05, 3.63) is 42.2 Å². The van der Waals surface area contributed by atoms with Gasteiger partial charge in [-0.15, -0.1) is 0 Å². The van der Waals surface area contributed by atoms with Gasteiger partial charge < -0.3 is 29.7 Å². The molecule has 0 saturated carbocycles. The second kappa shape index (κ2) is 8.39. The summed E-state index contributed by atoms with van der Waals surface area (Å²) in [4.78, 5) is 14.5. The van der Waals surface area contributed by atoms with Crippen molar-refractivity contribution in [1.29, 1.82) is 0 Å². The first-order valence-corrected chi connectivity index (χ1v) is 10.1. The third-order valence-electron chi connectivity index (χ3n) is 5.12. The van der Waals surface area contributed by atoms with E-state index < -0.39 is 6.04 Å². The highest BCUT2D eigenvalue weighted by atomic mass is 19.1. The van der Waals surface area contributed by atoms with Gasteiger partial charge in [-0.05, 0) is 51.1 Å². The summed E-state index contributed by atoms with van der Waals surface area (Å²) in [5.74, 6) is 0.676. The van der Waals surface area contributed by atoms with E-state index in [1.165, 1.54) is 6.07 Å². The van der Waals surface area contributed by atoms with Crippen molar-refractivity contribution >= 4 is 23.0 Å². The van der Waals surface area contributed by atoms with E-state index in [1.54, 1.807) is 37.3 Å². The van der Waals surface area contributed by atoms with Crippen LogP contribution in [0.5, 0.6) is 11.5 Å². The number of carbonyl (C=O) groups excluding carboxylic acids is 1. The van der Waals surface area contributed by atoms with Gasteiger partial charge in [0.25, 0.3) is 0 Å². The van der Waals surface area contributed by atoms with E-state index in [0.717, 1.165) is 0 Å². The highest BCUT2D eigenvalue weighted by molar-refractivity contribution is 5.96. The first-order valence-electron chi connectivity index (χ1n) is 10.1. The molecule has 0 spiro atoms. The molecule has 1 saturated heterocycles. The molecule has 2 aliphatic rings. The van der Waals surface area contributed by atoms with Gasteiger partial charge in [0.2, 0.25) is 12.7 Å². The third kappa shape index (κ3) is 4.43. The van der Waals surface area contributed by atoms with Gasteiger partial charge in [0.1, 0.15) is 11.9 Å². The van der Waals surface area contributed by atoms with Gasteiger partial charge in [0.15, 0.2) is 11.5 Å². The van der Waals surface area contributed by atoms with Crippen LogP contribution < -0.4 is 25.0 Å². The number of halogens is 1. The first kappa shape index (κ1) is 20.3. The quantitative estimate of drug-likeness (QED) is 0.778. The number of rotatable bonds is 5. The van der Waals surface area contributed by atoms with E-state index in [0.29, 0.717) is 41.7 Å². The number of nitrogens with zero attached hydrogens (tertiary/aromatic N) is 1. The van der Waals surface area contributed by atoms with Crippen molar-refractivity contribution in [2.24, 2.45) is 0 Å². The van der Waals surface area contributed by atoms with E-state index in [9.17, 15) is 9.18 Å². The normalized spacial score (nSPS) is 21.3. The van der Waals surface area contributed by atoms with E-state index >= 15 is 0 Å². The Hall–Kier alpha value is -3.00. The summed E-state index contributed by atoms with van der Waals surface area (Å²) >= 11 is 0. The molecule has 0 unspecified atom stereocenters. The van der Waals surface area contributed by atoms with Crippen LogP contribution in [0.1, 0.15) is 20.8 Å². The second-order valence-electron chi connectivity index (χ2n) is 7.75. The van der Waals surface area contributed by atoms with Gasteiger partial charge in [0.05, 0.1) is 17.9 Å². The fourth-order valence-corrected chi connectivity index (χ4v) is 3.77. The number of anilines is 3. The molecule has 2 aromatic carbocycles. The van der Waals surface area contributed by atoms with Crippen molar-refractivity contribution in [3.8, 4) is 11.5 Å². The minimum Gasteiger partial charge on any atom is -0.454 e. The lowest BCUT2D eigenvalue weighted by atomic mass is 10.1. The highest BCUT2D eigenvalue weighted by Gasteiger charge is 2.24. The van der Waals surface area contributed by atoms with E-state index in [-0.39, 0.29) is 30.7 Å². The molecule has 0 aromatic heterocycles. The maximum Gasteiger partial charge on any atom is 0.246 e. The van der Waals surface area contributed by atoms with Crippen molar-refractivity contribution in [3.63, 3.8) is 0 Å². The second-order valence-corrected chi connectivity index (χ2v) is 7.75. The summed E-state index contributed by atoms with van der Waals surface area (Å²) in [7, 11) is 0. The topological polar surface area (TPSA) is 72.1 Å². The Labute approximate surface area is 175 Å². The Bertz CT molecular complexity index is 929. The Kier molecular flexibility index (Phi) is 5.67. The number of nitrogens with one attached hydrogen (secondary N) is 2. The summed E-state index contributed by atoms with van der Waals surface area (Å²) in [6.07, 6.45) is 0.0942. The number of fused-ring (bicyclic) bond motifs is 1. The van der Waals surface area contributed by atoms with Crippen molar-refractivity contribution in [2.45, 2.75) is 39.0 Å². The molecule has 7 nitrogen and oxygen atoms in total. The molecular formula is C22H26FN3O4. The predicted molar refractivity (Wildman–Crippen MR) is 113 cm³/mol. The summed E-state index contributed by atoms with van der Waals surface area (Å²) in [6, 6.07) is 9.59. The predicted octanol–water partition coefficient (Wildman–Crippen LogP) is 3.61. The largest absolute Gasteiger partial charge is 0.454 e. The Balaban J connectivity index is 1.38. The molecule has 0 aliphatic carbocycles. The first-order chi connectivity index (χ1) is 14.4. The van der Waals surface area contributed by atoms with Crippen LogP contribution >= 0.6 is 0 Å². The van der Waals surface area contributed by atoms with Crippen molar-refractivity contribution in [1.82, 2.24) is 0 Å². The Morgan fingerprint density at radius 3 is 2.50 bits per heavy atom. The van der Waals surface area contributed by atoms with Gasteiger partial charge >= 0.3 is 0 Å². The summed E-state index contributed by atoms with van der Waals surface area (Å²) in [5.41, 5.74) is 1.69. The SMILES string of the molecule is C[C@@H]1CN(c2ccc(N[C@H](C)C(=O)Nc3ccc4c(c3)OCO4)cc2F)C[C@H](C)O1. The van der Waals surface area contributed by atoms with E-state index in [4.69, 9.17) is 14.2 Å². The number of benzene rings is 2. The molecule has 2 aromatic rings. The molecule has 1 amide bonds. The van der Waals surface area contributed by atoms with Crippen molar-refractivity contribution in [2.75, 3.05) is 35.4 Å². The minimum atomic E-state index is -0.566. The van der Waals surface area contributed by atoms with Gasteiger partial charge in [-0.25, -0.2) is 4.39 Å². The molecule has 0 bridgehead atoms. The van der Waals surface area contributed by atoms with Crippen LogP contribution in [0, 0.1) is 5.82 Å². The monoisotopic (exact) mass is 415 g/mol. The van der Waals surface area contributed by atoms with Crippen LogP contribution in [0.2, 0.25) is 0 Å². The number of carbonyl (C=O) groups is 1. The van der Waals surface area contributed by atoms with Crippen molar-refractivity contribution < 1.29 is 23.4 Å².